The molecule has 0 atom stereocenters. The summed E-state index contributed by atoms with van der Waals surface area (Å²) >= 11 is 3.72. The zero-order valence-corrected chi connectivity index (χ0v) is 11.2. The highest BCUT2D eigenvalue weighted by atomic mass is 79.9. The largest absolute Gasteiger partial charge is 0.346 e. The maximum absolute atomic E-state index is 3.72. The lowest BCUT2D eigenvalue weighted by molar-refractivity contribution is 0.749. The van der Waals surface area contributed by atoms with Crippen LogP contribution in [-0.4, -0.2) is 4.57 Å². The van der Waals surface area contributed by atoms with Gasteiger partial charge in [-0.1, -0.05) is 32.0 Å². The number of aryl methyl sites for hydroxylation is 2. The quantitative estimate of drug-likeness (QED) is 0.722. The molecule has 1 nitrogen and oxygen atoms in total. The van der Waals surface area contributed by atoms with Crippen molar-refractivity contribution in [3.63, 3.8) is 0 Å². The number of benzene rings is 1. The van der Waals surface area contributed by atoms with Crippen molar-refractivity contribution in [3.8, 4) is 0 Å². The Bertz CT molecular complexity index is 509. The first-order chi connectivity index (χ1) is 7.04. The van der Waals surface area contributed by atoms with Crippen LogP contribution in [0, 0.1) is 6.92 Å². The van der Waals surface area contributed by atoms with Gasteiger partial charge in [0.05, 0.1) is 5.52 Å². The molecule has 0 N–H and O–H groups in total. The SMILES string of the molecule is Cc1cccc2c(Br)c(C(C)C)n(C)c12. The number of para-hydroxylation sites is 1. The lowest BCUT2D eigenvalue weighted by atomic mass is 10.1. The highest BCUT2D eigenvalue weighted by molar-refractivity contribution is 9.10. The van der Waals surface area contributed by atoms with Gasteiger partial charge in [-0.3, -0.25) is 0 Å². The van der Waals surface area contributed by atoms with Gasteiger partial charge in [-0.25, -0.2) is 0 Å². The zero-order valence-electron chi connectivity index (χ0n) is 9.63. The van der Waals surface area contributed by atoms with Gasteiger partial charge in [-0.15, -0.1) is 0 Å². The number of aromatic nitrogens is 1. The van der Waals surface area contributed by atoms with Crippen molar-refractivity contribution in [2.75, 3.05) is 0 Å². The van der Waals surface area contributed by atoms with E-state index in [0.29, 0.717) is 5.92 Å². The van der Waals surface area contributed by atoms with Crippen molar-refractivity contribution in [2.45, 2.75) is 26.7 Å². The van der Waals surface area contributed by atoms with Crippen LogP contribution in [0.2, 0.25) is 0 Å². The molecule has 80 valence electrons. The minimum Gasteiger partial charge on any atom is -0.346 e. The standard InChI is InChI=1S/C13H16BrN/c1-8(2)12-11(14)10-7-5-6-9(3)13(10)15(12)4/h5-8H,1-4H3. The van der Waals surface area contributed by atoms with Gasteiger partial charge >= 0.3 is 0 Å². The topological polar surface area (TPSA) is 4.93 Å². The van der Waals surface area contributed by atoms with Gasteiger partial charge in [0, 0.05) is 22.6 Å². The first-order valence-electron chi connectivity index (χ1n) is 5.27. The number of halogens is 1. The summed E-state index contributed by atoms with van der Waals surface area (Å²) in [6, 6.07) is 6.46. The first-order valence-corrected chi connectivity index (χ1v) is 6.06. The van der Waals surface area contributed by atoms with E-state index in [1.807, 2.05) is 0 Å². The minimum absolute atomic E-state index is 0.538. The molecule has 0 aliphatic heterocycles. The third-order valence-electron chi connectivity index (χ3n) is 2.94. The van der Waals surface area contributed by atoms with Gasteiger partial charge < -0.3 is 4.57 Å². The molecule has 1 aromatic carbocycles. The number of hydrogen-bond acceptors (Lipinski definition) is 0. The lowest BCUT2D eigenvalue weighted by Gasteiger charge is -2.08. The van der Waals surface area contributed by atoms with Crippen molar-refractivity contribution < 1.29 is 0 Å². The van der Waals surface area contributed by atoms with E-state index < -0.39 is 0 Å². The molecule has 0 aliphatic rings. The summed E-state index contributed by atoms with van der Waals surface area (Å²) < 4.78 is 3.55. The average molecular weight is 266 g/mol. The summed E-state index contributed by atoms with van der Waals surface area (Å²) in [5.41, 5.74) is 4.05. The fourth-order valence-corrected chi connectivity index (χ4v) is 3.37. The van der Waals surface area contributed by atoms with Gasteiger partial charge in [0.1, 0.15) is 0 Å². The van der Waals surface area contributed by atoms with E-state index in [0.717, 1.165) is 0 Å². The summed E-state index contributed by atoms with van der Waals surface area (Å²) in [5.74, 6) is 0.538. The molecule has 2 aromatic rings. The van der Waals surface area contributed by atoms with E-state index in [1.54, 1.807) is 0 Å². The Morgan fingerprint density at radius 3 is 2.47 bits per heavy atom. The molecule has 2 rings (SSSR count). The van der Waals surface area contributed by atoms with Gasteiger partial charge in [-0.2, -0.15) is 0 Å². The van der Waals surface area contributed by atoms with E-state index in [1.165, 1.54) is 26.6 Å². The number of rotatable bonds is 1. The molecule has 15 heavy (non-hydrogen) atoms. The monoisotopic (exact) mass is 265 g/mol. The molecule has 0 amide bonds. The fraction of sp³-hybridized carbons (Fsp3) is 0.385. The molecule has 0 saturated heterocycles. The van der Waals surface area contributed by atoms with Crippen molar-refractivity contribution in [3.05, 3.63) is 33.9 Å². The predicted molar refractivity (Wildman–Crippen MR) is 69.4 cm³/mol. The molecule has 1 heterocycles. The van der Waals surface area contributed by atoms with Crippen LogP contribution in [0.3, 0.4) is 0 Å². The maximum Gasteiger partial charge on any atom is 0.0521 e. The van der Waals surface area contributed by atoms with Crippen LogP contribution in [0.25, 0.3) is 10.9 Å². The van der Waals surface area contributed by atoms with Gasteiger partial charge in [-0.05, 0) is 34.3 Å². The number of nitrogens with zero attached hydrogens (tertiary/aromatic N) is 1. The molecule has 0 spiro atoms. The Kier molecular flexibility index (Phi) is 2.63. The molecule has 0 fully saturated rings. The van der Waals surface area contributed by atoms with Crippen LogP contribution in [0.15, 0.2) is 22.7 Å². The van der Waals surface area contributed by atoms with Crippen molar-refractivity contribution in [1.82, 2.24) is 4.57 Å². The third kappa shape index (κ3) is 1.51. The fourth-order valence-electron chi connectivity index (χ4n) is 2.33. The van der Waals surface area contributed by atoms with E-state index in [2.05, 4.69) is 66.5 Å². The van der Waals surface area contributed by atoms with Crippen LogP contribution >= 0.6 is 15.9 Å². The summed E-state index contributed by atoms with van der Waals surface area (Å²) in [6.45, 7) is 6.63. The number of fused-ring (bicyclic) bond motifs is 1. The highest BCUT2D eigenvalue weighted by Crippen LogP contribution is 2.35. The van der Waals surface area contributed by atoms with E-state index >= 15 is 0 Å². The van der Waals surface area contributed by atoms with Crippen molar-refractivity contribution >= 4 is 26.8 Å². The summed E-state index contributed by atoms with van der Waals surface area (Å²) in [7, 11) is 2.15. The second-order valence-electron chi connectivity index (χ2n) is 4.38. The highest BCUT2D eigenvalue weighted by Gasteiger charge is 2.16. The predicted octanol–water partition coefficient (Wildman–Crippen LogP) is 4.37. The Morgan fingerprint density at radius 2 is 1.93 bits per heavy atom. The van der Waals surface area contributed by atoms with Gasteiger partial charge in [0.15, 0.2) is 0 Å². The maximum atomic E-state index is 3.72. The molecule has 0 aliphatic carbocycles. The molecule has 0 bridgehead atoms. The molecule has 2 heteroatoms. The summed E-state index contributed by atoms with van der Waals surface area (Å²) in [5, 5.41) is 1.32. The molecule has 0 unspecified atom stereocenters. The molecule has 1 aromatic heterocycles. The minimum atomic E-state index is 0.538. The first kappa shape index (κ1) is 10.7. The van der Waals surface area contributed by atoms with E-state index in [-0.39, 0.29) is 0 Å². The smallest absolute Gasteiger partial charge is 0.0521 e. The van der Waals surface area contributed by atoms with Crippen molar-refractivity contribution in [1.29, 1.82) is 0 Å². The van der Waals surface area contributed by atoms with Gasteiger partial charge in [0.2, 0.25) is 0 Å². The van der Waals surface area contributed by atoms with Crippen LogP contribution in [-0.2, 0) is 7.05 Å². The Labute approximate surface area is 99.2 Å². The van der Waals surface area contributed by atoms with Crippen molar-refractivity contribution in [2.24, 2.45) is 7.05 Å². The Morgan fingerprint density at radius 1 is 1.27 bits per heavy atom. The van der Waals surface area contributed by atoms with Crippen LogP contribution < -0.4 is 0 Å². The second kappa shape index (κ2) is 3.67. The Balaban J connectivity index is 2.92. The van der Waals surface area contributed by atoms with Crippen LogP contribution in [0.1, 0.15) is 31.0 Å². The van der Waals surface area contributed by atoms with E-state index in [4.69, 9.17) is 0 Å². The van der Waals surface area contributed by atoms with Crippen LogP contribution in [0.5, 0.6) is 0 Å². The molecule has 0 saturated carbocycles. The molecule has 0 radical (unpaired) electrons. The van der Waals surface area contributed by atoms with E-state index in [9.17, 15) is 0 Å². The lowest BCUT2D eigenvalue weighted by Crippen LogP contribution is -1.99. The Hall–Kier alpha value is -0.760. The average Bonchev–Trinajstić information content (AvgIpc) is 2.40. The normalized spacial score (nSPS) is 11.6. The zero-order chi connectivity index (χ0) is 11.2. The molecular weight excluding hydrogens is 250 g/mol. The van der Waals surface area contributed by atoms with Gasteiger partial charge in [0.25, 0.3) is 0 Å². The second-order valence-corrected chi connectivity index (χ2v) is 5.18. The summed E-state index contributed by atoms with van der Waals surface area (Å²) in [6.07, 6.45) is 0. The summed E-state index contributed by atoms with van der Waals surface area (Å²) in [4.78, 5) is 0. The third-order valence-corrected chi connectivity index (χ3v) is 3.78. The number of hydrogen-bond donors (Lipinski definition) is 0. The van der Waals surface area contributed by atoms with Crippen LogP contribution in [0.4, 0.5) is 0 Å². The molecular formula is C13H16BrN.